The molecule has 0 radical (unpaired) electrons. The van der Waals surface area contributed by atoms with Crippen molar-refractivity contribution in [3.05, 3.63) is 12.2 Å². The zero-order valence-corrected chi connectivity index (χ0v) is 12.0. The molecule has 0 bridgehead atoms. The van der Waals surface area contributed by atoms with Crippen LogP contribution in [0.5, 0.6) is 0 Å². The maximum atomic E-state index is 4.03. The lowest BCUT2D eigenvalue weighted by molar-refractivity contribution is 0.280. The van der Waals surface area contributed by atoms with Crippen LogP contribution in [0.25, 0.3) is 0 Å². The molecular formula is C16H29N. The van der Waals surface area contributed by atoms with Crippen LogP contribution in [0.15, 0.2) is 17.1 Å². The van der Waals surface area contributed by atoms with Crippen molar-refractivity contribution in [3.63, 3.8) is 0 Å². The van der Waals surface area contributed by atoms with E-state index in [0.29, 0.717) is 0 Å². The second kappa shape index (κ2) is 7.68. The first-order valence-corrected chi connectivity index (χ1v) is 7.24. The van der Waals surface area contributed by atoms with Gasteiger partial charge < -0.3 is 0 Å². The van der Waals surface area contributed by atoms with Gasteiger partial charge >= 0.3 is 0 Å². The molecule has 1 saturated carbocycles. The smallest absolute Gasteiger partial charge is 0.0277 e. The highest BCUT2D eigenvalue weighted by Gasteiger charge is 2.22. The van der Waals surface area contributed by atoms with Crippen LogP contribution in [0, 0.1) is 23.7 Å². The van der Waals surface area contributed by atoms with Crippen molar-refractivity contribution in [1.29, 1.82) is 0 Å². The van der Waals surface area contributed by atoms with Crippen molar-refractivity contribution in [2.24, 2.45) is 28.7 Å². The number of hydrogen-bond donors (Lipinski definition) is 0. The van der Waals surface area contributed by atoms with Gasteiger partial charge in [-0.3, -0.25) is 4.99 Å². The second-order valence-corrected chi connectivity index (χ2v) is 5.91. The number of aliphatic imine (C=N–C) groups is 1. The Labute approximate surface area is 107 Å². The van der Waals surface area contributed by atoms with E-state index in [-0.39, 0.29) is 0 Å². The Morgan fingerprint density at radius 2 is 1.76 bits per heavy atom. The van der Waals surface area contributed by atoms with Crippen molar-refractivity contribution in [1.82, 2.24) is 0 Å². The molecule has 0 heterocycles. The summed E-state index contributed by atoms with van der Waals surface area (Å²) < 4.78 is 0. The van der Waals surface area contributed by atoms with Crippen LogP contribution < -0.4 is 0 Å². The van der Waals surface area contributed by atoms with Crippen LogP contribution in [0.2, 0.25) is 0 Å². The first-order chi connectivity index (χ1) is 8.15. The summed E-state index contributed by atoms with van der Waals surface area (Å²) in [6, 6.07) is 0. The van der Waals surface area contributed by atoms with Gasteiger partial charge in [0.15, 0.2) is 0 Å². The van der Waals surface area contributed by atoms with Crippen LogP contribution >= 0.6 is 0 Å². The summed E-state index contributed by atoms with van der Waals surface area (Å²) in [5, 5.41) is 0. The highest BCUT2D eigenvalue weighted by Crippen LogP contribution is 2.33. The first kappa shape index (κ1) is 14.5. The molecule has 4 atom stereocenters. The minimum absolute atomic E-state index is 0.739. The van der Waals surface area contributed by atoms with Crippen LogP contribution in [0.1, 0.15) is 52.9 Å². The Kier molecular flexibility index (Phi) is 6.54. The fourth-order valence-electron chi connectivity index (χ4n) is 2.91. The van der Waals surface area contributed by atoms with Gasteiger partial charge in [0.05, 0.1) is 0 Å². The van der Waals surface area contributed by atoms with Crippen molar-refractivity contribution >= 4 is 6.21 Å². The van der Waals surface area contributed by atoms with Gasteiger partial charge in [0.2, 0.25) is 0 Å². The molecule has 4 unspecified atom stereocenters. The molecule has 0 aromatic carbocycles. The van der Waals surface area contributed by atoms with E-state index < -0.39 is 0 Å². The molecule has 0 aromatic heterocycles. The maximum Gasteiger partial charge on any atom is 0.0277 e. The normalized spacial score (nSPS) is 36.9. The zero-order valence-electron chi connectivity index (χ0n) is 12.0. The molecule has 0 N–H and O–H groups in total. The Morgan fingerprint density at radius 3 is 2.47 bits per heavy atom. The molecule has 1 aliphatic carbocycles. The van der Waals surface area contributed by atoms with Gasteiger partial charge in [0.1, 0.15) is 0 Å². The van der Waals surface area contributed by atoms with E-state index in [1.807, 2.05) is 13.3 Å². The first-order valence-electron chi connectivity index (χ1n) is 7.24. The molecule has 0 aromatic rings. The third-order valence-electron chi connectivity index (χ3n) is 4.52. The minimum Gasteiger partial charge on any atom is -0.297 e. The van der Waals surface area contributed by atoms with E-state index in [9.17, 15) is 0 Å². The van der Waals surface area contributed by atoms with E-state index in [1.54, 1.807) is 0 Å². The molecular weight excluding hydrogens is 206 g/mol. The lowest BCUT2D eigenvalue weighted by Gasteiger charge is -2.26. The predicted octanol–water partition coefficient (Wildman–Crippen LogP) is 4.73. The van der Waals surface area contributed by atoms with Gasteiger partial charge in [0.25, 0.3) is 0 Å². The molecule has 1 fully saturated rings. The van der Waals surface area contributed by atoms with E-state index in [2.05, 4.69) is 37.9 Å². The third-order valence-corrected chi connectivity index (χ3v) is 4.52. The zero-order chi connectivity index (χ0) is 12.7. The van der Waals surface area contributed by atoms with Crippen molar-refractivity contribution in [2.75, 3.05) is 7.05 Å². The summed E-state index contributed by atoms with van der Waals surface area (Å²) in [5.41, 5.74) is 0. The SMILES string of the molecule is C/N=C\C=C/C1CCC(C)CCCC(C)C1C. The summed E-state index contributed by atoms with van der Waals surface area (Å²) >= 11 is 0. The van der Waals surface area contributed by atoms with Crippen LogP contribution in [-0.4, -0.2) is 13.3 Å². The molecule has 1 rings (SSSR count). The number of allylic oxidation sites excluding steroid dienone is 2. The Morgan fingerprint density at radius 1 is 1.00 bits per heavy atom. The largest absolute Gasteiger partial charge is 0.297 e. The van der Waals surface area contributed by atoms with E-state index in [1.165, 1.54) is 32.1 Å². The summed E-state index contributed by atoms with van der Waals surface area (Å²) in [4.78, 5) is 4.03. The van der Waals surface area contributed by atoms with Gasteiger partial charge in [-0.25, -0.2) is 0 Å². The molecule has 98 valence electrons. The standard InChI is InChI=1S/C16H29N/c1-13-7-5-8-14(2)15(3)16(11-10-13)9-6-12-17-4/h6,9,12-16H,5,7-8,10-11H2,1-4H3/b9-6-,17-12-. The van der Waals surface area contributed by atoms with E-state index in [0.717, 1.165) is 23.7 Å². The highest BCUT2D eigenvalue weighted by atomic mass is 14.6. The van der Waals surface area contributed by atoms with Gasteiger partial charge in [-0.2, -0.15) is 0 Å². The molecule has 1 nitrogen and oxygen atoms in total. The molecule has 1 heteroatoms. The summed E-state index contributed by atoms with van der Waals surface area (Å²) in [5.74, 6) is 3.31. The molecule has 17 heavy (non-hydrogen) atoms. The molecule has 0 saturated heterocycles. The van der Waals surface area contributed by atoms with Crippen LogP contribution in [0.4, 0.5) is 0 Å². The lowest BCUT2D eigenvalue weighted by atomic mass is 9.80. The van der Waals surface area contributed by atoms with Gasteiger partial charge in [-0.05, 0) is 36.2 Å². The highest BCUT2D eigenvalue weighted by molar-refractivity contribution is 5.70. The van der Waals surface area contributed by atoms with E-state index in [4.69, 9.17) is 0 Å². The van der Waals surface area contributed by atoms with Gasteiger partial charge in [0, 0.05) is 13.3 Å². The second-order valence-electron chi connectivity index (χ2n) is 5.91. The summed E-state index contributed by atoms with van der Waals surface area (Å²) in [6.45, 7) is 7.27. The van der Waals surface area contributed by atoms with Gasteiger partial charge in [-0.1, -0.05) is 52.5 Å². The predicted molar refractivity (Wildman–Crippen MR) is 77.6 cm³/mol. The lowest BCUT2D eigenvalue weighted by Crippen LogP contribution is -2.17. The fraction of sp³-hybridized carbons (Fsp3) is 0.812. The number of nitrogens with zero attached hydrogens (tertiary/aromatic N) is 1. The van der Waals surface area contributed by atoms with Crippen molar-refractivity contribution in [2.45, 2.75) is 52.9 Å². The summed E-state index contributed by atoms with van der Waals surface area (Å²) in [6.07, 6.45) is 13.4. The molecule has 0 spiro atoms. The number of rotatable bonds is 2. The maximum absolute atomic E-state index is 4.03. The molecule has 0 aliphatic heterocycles. The minimum atomic E-state index is 0.739. The third kappa shape index (κ3) is 5.06. The average Bonchev–Trinajstić information content (AvgIpc) is 2.36. The van der Waals surface area contributed by atoms with Crippen LogP contribution in [0.3, 0.4) is 0 Å². The molecule has 1 aliphatic rings. The summed E-state index contributed by atoms with van der Waals surface area (Å²) in [7, 11) is 1.83. The van der Waals surface area contributed by atoms with E-state index >= 15 is 0 Å². The number of hydrogen-bond acceptors (Lipinski definition) is 1. The average molecular weight is 235 g/mol. The Balaban J connectivity index is 2.66. The molecule has 0 amide bonds. The Hall–Kier alpha value is -0.590. The fourth-order valence-corrected chi connectivity index (χ4v) is 2.91. The Bertz CT molecular complexity index is 254. The quantitative estimate of drug-likeness (QED) is 0.613. The van der Waals surface area contributed by atoms with Gasteiger partial charge in [-0.15, -0.1) is 0 Å². The van der Waals surface area contributed by atoms with Crippen molar-refractivity contribution < 1.29 is 0 Å². The van der Waals surface area contributed by atoms with Crippen molar-refractivity contribution in [3.8, 4) is 0 Å². The van der Waals surface area contributed by atoms with Crippen LogP contribution in [-0.2, 0) is 0 Å². The topological polar surface area (TPSA) is 12.4 Å². The monoisotopic (exact) mass is 235 g/mol.